The van der Waals surface area contributed by atoms with Crippen LogP contribution >= 0.6 is 0 Å². The molecule has 1 N–H and O–H groups in total. The van der Waals surface area contributed by atoms with Crippen molar-refractivity contribution in [3.05, 3.63) is 29.6 Å². The molecule has 0 amide bonds. The van der Waals surface area contributed by atoms with Crippen LogP contribution in [0.3, 0.4) is 0 Å². The summed E-state index contributed by atoms with van der Waals surface area (Å²) in [6.45, 7) is 5.99. The zero-order valence-corrected chi connectivity index (χ0v) is 7.20. The fraction of sp³-hybridized carbons (Fsp3) is 0.444. The second-order valence-corrected chi connectivity index (χ2v) is 3.06. The lowest BCUT2D eigenvalue weighted by Gasteiger charge is -2.00. The molecular weight excluding hydrogens is 138 g/mol. The Morgan fingerprint density at radius 2 is 2.00 bits per heavy atom. The lowest BCUT2D eigenvalue weighted by molar-refractivity contribution is -0.914. The highest BCUT2D eigenvalue weighted by Crippen LogP contribution is 2.08. The van der Waals surface area contributed by atoms with Crippen LogP contribution in [0, 0.1) is 6.92 Å². The van der Waals surface area contributed by atoms with Crippen molar-refractivity contribution in [2.45, 2.75) is 26.7 Å². The highest BCUT2D eigenvalue weighted by atomic mass is 16.5. The molecule has 0 aliphatic rings. The molecule has 0 spiro atoms. The second kappa shape index (κ2) is 2.91. The molecular formula is C9H14NO+. The second-order valence-electron chi connectivity index (χ2n) is 3.06. The standard InChI is InChI=1S/C9H14NO/c1-7(2)9-6-4-5-8(3)10(9)11/h4-7,11H,1-3H3/q+1. The molecule has 0 unspecified atom stereocenters. The Morgan fingerprint density at radius 1 is 1.36 bits per heavy atom. The van der Waals surface area contributed by atoms with Gasteiger partial charge >= 0.3 is 0 Å². The van der Waals surface area contributed by atoms with Gasteiger partial charge in [0.1, 0.15) is 0 Å². The summed E-state index contributed by atoms with van der Waals surface area (Å²) in [7, 11) is 0. The first kappa shape index (κ1) is 8.05. The lowest BCUT2D eigenvalue weighted by atomic mass is 10.1. The van der Waals surface area contributed by atoms with Crippen molar-refractivity contribution < 1.29 is 9.94 Å². The van der Waals surface area contributed by atoms with E-state index in [9.17, 15) is 5.21 Å². The minimum Gasteiger partial charge on any atom is -0.285 e. The average molecular weight is 152 g/mol. The lowest BCUT2D eigenvalue weighted by Crippen LogP contribution is -2.38. The largest absolute Gasteiger partial charge is 0.285 e. The fourth-order valence-corrected chi connectivity index (χ4v) is 1.07. The van der Waals surface area contributed by atoms with Gasteiger partial charge in [-0.3, -0.25) is 5.21 Å². The van der Waals surface area contributed by atoms with Crippen molar-refractivity contribution in [2.24, 2.45) is 0 Å². The topological polar surface area (TPSA) is 24.1 Å². The molecule has 0 aliphatic heterocycles. The Bertz CT molecular complexity index is 256. The zero-order valence-electron chi connectivity index (χ0n) is 7.20. The predicted octanol–water partition coefficient (Wildman–Crippen LogP) is 1.64. The number of aromatic nitrogens is 1. The number of nitrogens with zero attached hydrogens (tertiary/aromatic N) is 1. The zero-order chi connectivity index (χ0) is 8.43. The van der Waals surface area contributed by atoms with Crippen LogP contribution in [0.25, 0.3) is 0 Å². The summed E-state index contributed by atoms with van der Waals surface area (Å²) in [5.41, 5.74) is 1.82. The van der Waals surface area contributed by atoms with Gasteiger partial charge in [0.2, 0.25) is 11.4 Å². The maximum atomic E-state index is 9.48. The van der Waals surface area contributed by atoms with E-state index in [1.54, 1.807) is 0 Å². The van der Waals surface area contributed by atoms with Crippen molar-refractivity contribution in [2.75, 3.05) is 0 Å². The van der Waals surface area contributed by atoms with Crippen LogP contribution in [0.2, 0.25) is 0 Å². The molecule has 0 saturated heterocycles. The van der Waals surface area contributed by atoms with Gasteiger partial charge in [0.25, 0.3) is 0 Å². The molecule has 1 rings (SSSR count). The Morgan fingerprint density at radius 3 is 2.45 bits per heavy atom. The highest BCUT2D eigenvalue weighted by molar-refractivity contribution is 5.04. The quantitative estimate of drug-likeness (QED) is 0.480. The molecule has 1 aromatic rings. The molecule has 0 fully saturated rings. The van der Waals surface area contributed by atoms with E-state index >= 15 is 0 Å². The molecule has 11 heavy (non-hydrogen) atoms. The molecule has 2 heteroatoms. The van der Waals surface area contributed by atoms with E-state index in [2.05, 4.69) is 13.8 Å². The van der Waals surface area contributed by atoms with Gasteiger partial charge in [-0.15, -0.1) is 0 Å². The summed E-state index contributed by atoms with van der Waals surface area (Å²) in [6.07, 6.45) is 0. The van der Waals surface area contributed by atoms with Gasteiger partial charge in [-0.1, -0.05) is 13.8 Å². The first-order valence-corrected chi connectivity index (χ1v) is 3.83. The molecule has 1 aromatic heterocycles. The Kier molecular flexibility index (Phi) is 2.13. The van der Waals surface area contributed by atoms with Crippen molar-refractivity contribution >= 4 is 0 Å². The van der Waals surface area contributed by atoms with E-state index in [1.165, 1.54) is 4.73 Å². The normalized spacial score (nSPS) is 10.5. The number of aryl methyl sites for hydroxylation is 1. The van der Waals surface area contributed by atoms with Gasteiger partial charge < -0.3 is 0 Å². The molecule has 0 bridgehead atoms. The van der Waals surface area contributed by atoms with Crippen LogP contribution in [-0.2, 0) is 0 Å². The van der Waals surface area contributed by atoms with Crippen LogP contribution in [0.1, 0.15) is 31.2 Å². The molecule has 0 radical (unpaired) electrons. The van der Waals surface area contributed by atoms with Crippen LogP contribution in [0.15, 0.2) is 18.2 Å². The van der Waals surface area contributed by atoms with Gasteiger partial charge in [0.15, 0.2) is 0 Å². The minimum atomic E-state index is 0.361. The minimum absolute atomic E-state index is 0.361. The summed E-state index contributed by atoms with van der Waals surface area (Å²) in [5, 5.41) is 9.48. The van der Waals surface area contributed by atoms with E-state index in [1.807, 2.05) is 25.1 Å². The summed E-state index contributed by atoms with van der Waals surface area (Å²) in [5.74, 6) is 0.361. The van der Waals surface area contributed by atoms with Crippen molar-refractivity contribution in [1.29, 1.82) is 0 Å². The summed E-state index contributed by atoms with van der Waals surface area (Å²) in [4.78, 5) is 0. The van der Waals surface area contributed by atoms with E-state index < -0.39 is 0 Å². The molecule has 0 saturated carbocycles. The SMILES string of the molecule is Cc1cccc(C(C)C)[n+]1O. The molecule has 0 aromatic carbocycles. The third-order valence-electron chi connectivity index (χ3n) is 1.77. The molecule has 0 atom stereocenters. The highest BCUT2D eigenvalue weighted by Gasteiger charge is 2.15. The Labute approximate surface area is 67.1 Å². The smallest absolute Gasteiger partial charge is 0.236 e. The third-order valence-corrected chi connectivity index (χ3v) is 1.77. The monoisotopic (exact) mass is 152 g/mol. The van der Waals surface area contributed by atoms with E-state index in [-0.39, 0.29) is 0 Å². The number of rotatable bonds is 1. The number of pyridine rings is 1. The van der Waals surface area contributed by atoms with Gasteiger partial charge in [0, 0.05) is 29.7 Å². The molecule has 0 aliphatic carbocycles. The fourth-order valence-electron chi connectivity index (χ4n) is 1.07. The number of hydrogen-bond acceptors (Lipinski definition) is 1. The molecule has 1 heterocycles. The molecule has 60 valence electrons. The maximum absolute atomic E-state index is 9.48. The maximum Gasteiger partial charge on any atom is 0.236 e. The Balaban J connectivity index is 3.17. The number of hydrogen-bond donors (Lipinski definition) is 1. The van der Waals surface area contributed by atoms with Crippen molar-refractivity contribution in [3.63, 3.8) is 0 Å². The first-order chi connectivity index (χ1) is 5.13. The van der Waals surface area contributed by atoms with Gasteiger partial charge in [0.05, 0.1) is 0 Å². The van der Waals surface area contributed by atoms with Crippen LogP contribution < -0.4 is 4.73 Å². The van der Waals surface area contributed by atoms with E-state index in [4.69, 9.17) is 0 Å². The summed E-state index contributed by atoms with van der Waals surface area (Å²) < 4.78 is 1.24. The summed E-state index contributed by atoms with van der Waals surface area (Å²) >= 11 is 0. The summed E-state index contributed by atoms with van der Waals surface area (Å²) in [6, 6.07) is 5.76. The molecule has 2 nitrogen and oxygen atoms in total. The van der Waals surface area contributed by atoms with Crippen LogP contribution in [-0.4, -0.2) is 5.21 Å². The van der Waals surface area contributed by atoms with Gasteiger partial charge in [-0.25, -0.2) is 0 Å². The average Bonchev–Trinajstić information content (AvgIpc) is 1.94. The van der Waals surface area contributed by atoms with Gasteiger partial charge in [-0.2, -0.15) is 0 Å². The third kappa shape index (κ3) is 1.50. The van der Waals surface area contributed by atoms with Crippen molar-refractivity contribution in [3.8, 4) is 0 Å². The van der Waals surface area contributed by atoms with Gasteiger partial charge in [-0.05, 0) is 6.07 Å². The van der Waals surface area contributed by atoms with E-state index in [0.717, 1.165) is 11.4 Å². The van der Waals surface area contributed by atoms with Crippen LogP contribution in [0.5, 0.6) is 0 Å². The predicted molar refractivity (Wildman–Crippen MR) is 42.6 cm³/mol. The van der Waals surface area contributed by atoms with E-state index in [0.29, 0.717) is 5.92 Å². The Hall–Kier alpha value is -1.05. The van der Waals surface area contributed by atoms with Crippen molar-refractivity contribution in [1.82, 2.24) is 0 Å². The first-order valence-electron chi connectivity index (χ1n) is 3.83. The van der Waals surface area contributed by atoms with Crippen LogP contribution in [0.4, 0.5) is 0 Å².